The molecule has 7 heteroatoms. The van der Waals surface area contributed by atoms with Crippen molar-refractivity contribution in [3.63, 3.8) is 0 Å². The van der Waals surface area contributed by atoms with Crippen molar-refractivity contribution in [1.29, 1.82) is 0 Å². The first-order valence-corrected chi connectivity index (χ1v) is 8.94. The summed E-state index contributed by atoms with van der Waals surface area (Å²) >= 11 is 0. The van der Waals surface area contributed by atoms with Crippen molar-refractivity contribution in [1.82, 2.24) is 9.80 Å². The fraction of sp³-hybridized carbons (Fsp3) is 0.632. The second-order valence-electron chi connectivity index (χ2n) is 7.21. The minimum Gasteiger partial charge on any atom is -0.497 e. The van der Waals surface area contributed by atoms with E-state index >= 15 is 0 Å². The average Bonchev–Trinajstić information content (AvgIpc) is 2.80. The molecule has 2 aliphatic rings. The summed E-state index contributed by atoms with van der Waals surface area (Å²) in [6.45, 7) is 4.88. The average molecular weight is 366 g/mol. The van der Waals surface area contributed by atoms with E-state index in [9.17, 15) is 9.18 Å². The van der Waals surface area contributed by atoms with E-state index in [4.69, 9.17) is 14.2 Å². The van der Waals surface area contributed by atoms with Gasteiger partial charge >= 0.3 is 0 Å². The Labute approximate surface area is 153 Å². The molecule has 1 aromatic rings. The Bertz CT molecular complexity index is 642. The second kappa shape index (κ2) is 8.33. The number of carbonyl (C=O) groups is 1. The molecule has 144 valence electrons. The lowest BCUT2D eigenvalue weighted by Gasteiger charge is -2.31. The van der Waals surface area contributed by atoms with E-state index in [-0.39, 0.29) is 17.1 Å². The number of rotatable bonds is 6. The van der Waals surface area contributed by atoms with Gasteiger partial charge in [-0.25, -0.2) is 4.39 Å². The number of amides is 1. The molecule has 6 nitrogen and oxygen atoms in total. The van der Waals surface area contributed by atoms with Crippen molar-refractivity contribution in [2.75, 3.05) is 60.2 Å². The van der Waals surface area contributed by atoms with Crippen molar-refractivity contribution in [3.8, 4) is 5.75 Å². The Kier molecular flexibility index (Phi) is 6.11. The predicted molar refractivity (Wildman–Crippen MR) is 94.6 cm³/mol. The quantitative estimate of drug-likeness (QED) is 0.764. The molecule has 0 unspecified atom stereocenters. The third kappa shape index (κ3) is 4.34. The maximum Gasteiger partial charge on any atom is 0.223 e. The first kappa shape index (κ1) is 19.1. The third-order valence-corrected chi connectivity index (χ3v) is 5.14. The molecule has 1 spiro atoms. The molecule has 0 radical (unpaired) electrons. The molecule has 0 aromatic heterocycles. The van der Waals surface area contributed by atoms with E-state index in [1.165, 1.54) is 13.2 Å². The van der Waals surface area contributed by atoms with Gasteiger partial charge in [-0.15, -0.1) is 0 Å². The zero-order valence-corrected chi connectivity index (χ0v) is 15.5. The Morgan fingerprint density at radius 1 is 1.31 bits per heavy atom. The maximum atomic E-state index is 14.3. The lowest BCUT2D eigenvalue weighted by Crippen LogP contribution is -2.41. The van der Waals surface area contributed by atoms with E-state index in [0.717, 1.165) is 6.54 Å². The van der Waals surface area contributed by atoms with Gasteiger partial charge in [-0.2, -0.15) is 0 Å². The topological polar surface area (TPSA) is 51.2 Å². The molecular weight excluding hydrogens is 339 g/mol. The number of halogens is 1. The number of benzene rings is 1. The van der Waals surface area contributed by atoms with E-state index in [2.05, 4.69) is 4.90 Å². The number of likely N-dealkylation sites (tertiary alicyclic amines) is 1. The van der Waals surface area contributed by atoms with Crippen LogP contribution in [0.4, 0.5) is 4.39 Å². The Morgan fingerprint density at radius 3 is 2.88 bits per heavy atom. The van der Waals surface area contributed by atoms with Crippen LogP contribution < -0.4 is 4.74 Å². The first-order valence-electron chi connectivity index (χ1n) is 8.94. The highest BCUT2D eigenvalue weighted by molar-refractivity contribution is 5.79. The summed E-state index contributed by atoms with van der Waals surface area (Å²) < 4.78 is 30.3. The zero-order chi connectivity index (χ0) is 18.6. The zero-order valence-electron chi connectivity index (χ0n) is 15.5. The molecule has 2 heterocycles. The summed E-state index contributed by atoms with van der Waals surface area (Å²) in [6.07, 6.45) is 0.471. The van der Waals surface area contributed by atoms with Crippen molar-refractivity contribution >= 4 is 5.91 Å². The van der Waals surface area contributed by atoms with E-state index in [0.29, 0.717) is 63.7 Å². The predicted octanol–water partition coefficient (Wildman–Crippen LogP) is 1.53. The SMILES string of the molecule is COCCN1C[C@]2(COCCN(Cc3ccc(OC)cc3F)C2)CC1=O. The van der Waals surface area contributed by atoms with Gasteiger partial charge in [0.25, 0.3) is 0 Å². The van der Waals surface area contributed by atoms with Gasteiger partial charge in [0, 0.05) is 63.3 Å². The fourth-order valence-corrected chi connectivity index (χ4v) is 3.83. The van der Waals surface area contributed by atoms with Gasteiger partial charge in [0.1, 0.15) is 11.6 Å². The van der Waals surface area contributed by atoms with Crippen molar-refractivity contribution in [2.24, 2.45) is 5.41 Å². The highest BCUT2D eigenvalue weighted by Crippen LogP contribution is 2.34. The smallest absolute Gasteiger partial charge is 0.223 e. The van der Waals surface area contributed by atoms with Crippen LogP contribution in [0.3, 0.4) is 0 Å². The van der Waals surface area contributed by atoms with Gasteiger partial charge in [-0.3, -0.25) is 9.69 Å². The molecule has 0 bridgehead atoms. The van der Waals surface area contributed by atoms with Gasteiger partial charge in [0.15, 0.2) is 0 Å². The summed E-state index contributed by atoms with van der Waals surface area (Å²) in [7, 11) is 3.16. The lowest BCUT2D eigenvalue weighted by molar-refractivity contribution is -0.128. The van der Waals surface area contributed by atoms with E-state index in [1.807, 2.05) is 4.90 Å². The molecule has 1 amide bonds. The van der Waals surface area contributed by atoms with Gasteiger partial charge in [-0.1, -0.05) is 6.07 Å². The van der Waals surface area contributed by atoms with Crippen LogP contribution in [0.25, 0.3) is 0 Å². The summed E-state index contributed by atoms with van der Waals surface area (Å²) in [6, 6.07) is 4.94. The normalized spacial score (nSPS) is 24.3. The summed E-state index contributed by atoms with van der Waals surface area (Å²) in [5, 5.41) is 0. The molecule has 2 saturated heterocycles. The second-order valence-corrected chi connectivity index (χ2v) is 7.21. The van der Waals surface area contributed by atoms with Gasteiger partial charge in [0.2, 0.25) is 5.91 Å². The van der Waals surface area contributed by atoms with Crippen LogP contribution in [0.5, 0.6) is 5.75 Å². The lowest BCUT2D eigenvalue weighted by atomic mass is 9.87. The molecule has 1 aromatic carbocycles. The molecule has 0 saturated carbocycles. The number of hydrogen-bond donors (Lipinski definition) is 0. The van der Waals surface area contributed by atoms with Crippen molar-refractivity contribution in [2.45, 2.75) is 13.0 Å². The number of ether oxygens (including phenoxy) is 3. The van der Waals surface area contributed by atoms with Gasteiger partial charge in [-0.05, 0) is 6.07 Å². The minimum atomic E-state index is -0.271. The summed E-state index contributed by atoms with van der Waals surface area (Å²) in [5.74, 6) is 0.382. The number of hydrogen-bond acceptors (Lipinski definition) is 5. The third-order valence-electron chi connectivity index (χ3n) is 5.14. The van der Waals surface area contributed by atoms with E-state index in [1.54, 1.807) is 19.2 Å². The maximum absolute atomic E-state index is 14.3. The van der Waals surface area contributed by atoms with Crippen LogP contribution in [0.1, 0.15) is 12.0 Å². The van der Waals surface area contributed by atoms with Crippen LogP contribution in [0.15, 0.2) is 18.2 Å². The highest BCUT2D eigenvalue weighted by Gasteiger charge is 2.45. The standard InChI is InChI=1S/C19H27FN2O4/c1-24-7-6-22-13-19(10-18(22)23)12-21(5-8-26-14-19)11-15-3-4-16(25-2)9-17(15)20/h3-4,9H,5-8,10-14H2,1-2H3/t19-/m0/s1. The largest absolute Gasteiger partial charge is 0.497 e. The van der Waals surface area contributed by atoms with Crippen molar-refractivity contribution in [3.05, 3.63) is 29.6 Å². The van der Waals surface area contributed by atoms with E-state index < -0.39 is 0 Å². The van der Waals surface area contributed by atoms with Crippen LogP contribution in [0, 0.1) is 11.2 Å². The Hall–Kier alpha value is -1.70. The molecule has 0 N–H and O–H groups in total. The fourth-order valence-electron chi connectivity index (χ4n) is 3.83. The number of methoxy groups -OCH3 is 2. The summed E-state index contributed by atoms with van der Waals surface area (Å²) in [5.41, 5.74) is 0.396. The monoisotopic (exact) mass is 366 g/mol. The van der Waals surface area contributed by atoms with Crippen LogP contribution >= 0.6 is 0 Å². The van der Waals surface area contributed by atoms with Crippen LogP contribution in [-0.2, 0) is 20.8 Å². The molecule has 0 aliphatic carbocycles. The Morgan fingerprint density at radius 2 is 2.15 bits per heavy atom. The molecule has 3 rings (SSSR count). The first-order chi connectivity index (χ1) is 12.5. The number of nitrogens with zero attached hydrogens (tertiary/aromatic N) is 2. The molecule has 1 atom stereocenters. The molecular formula is C19H27FN2O4. The minimum absolute atomic E-state index is 0.142. The van der Waals surface area contributed by atoms with Gasteiger partial charge in [0.05, 0.1) is 26.9 Å². The highest BCUT2D eigenvalue weighted by atomic mass is 19.1. The van der Waals surface area contributed by atoms with Gasteiger partial charge < -0.3 is 19.1 Å². The van der Waals surface area contributed by atoms with Crippen molar-refractivity contribution < 1.29 is 23.4 Å². The summed E-state index contributed by atoms with van der Waals surface area (Å²) in [4.78, 5) is 16.4. The number of carbonyl (C=O) groups excluding carboxylic acids is 1. The van der Waals surface area contributed by atoms with Crippen LogP contribution in [0.2, 0.25) is 0 Å². The Balaban J connectivity index is 1.69. The molecule has 2 aliphatic heterocycles. The van der Waals surface area contributed by atoms with Crippen LogP contribution in [-0.4, -0.2) is 75.9 Å². The molecule has 2 fully saturated rings. The molecule has 26 heavy (non-hydrogen) atoms.